The van der Waals surface area contributed by atoms with Gasteiger partial charge in [0.15, 0.2) is 0 Å². The van der Waals surface area contributed by atoms with Gasteiger partial charge >= 0.3 is 0 Å². The lowest BCUT2D eigenvalue weighted by molar-refractivity contribution is -0.126. The van der Waals surface area contributed by atoms with Gasteiger partial charge in [-0.25, -0.2) is 9.07 Å². The number of nitrogens with one attached hydrogen (secondary N) is 1. The highest BCUT2D eigenvalue weighted by Gasteiger charge is 2.27. The fraction of sp³-hybridized carbons (Fsp3) is 0.318. The van der Waals surface area contributed by atoms with Crippen molar-refractivity contribution in [2.75, 3.05) is 19.6 Å². The Labute approximate surface area is 179 Å². The molecule has 4 rings (SSSR count). The van der Waals surface area contributed by atoms with Crippen LogP contribution in [0.5, 0.6) is 0 Å². The van der Waals surface area contributed by atoms with Gasteiger partial charge < -0.3 is 10.2 Å². The molecule has 0 aliphatic carbocycles. The summed E-state index contributed by atoms with van der Waals surface area (Å²) in [5, 5.41) is 14.0. The fourth-order valence-corrected chi connectivity index (χ4v) is 3.75. The molecule has 0 unspecified atom stereocenters. The summed E-state index contributed by atoms with van der Waals surface area (Å²) in [5.74, 6) is -0.512. The molecule has 31 heavy (non-hydrogen) atoms. The minimum atomic E-state index is -0.257. The van der Waals surface area contributed by atoms with Gasteiger partial charge in [-0.15, -0.1) is 5.10 Å². The zero-order valence-electron chi connectivity index (χ0n) is 16.9. The summed E-state index contributed by atoms with van der Waals surface area (Å²) in [6.07, 6.45) is 3.13. The Morgan fingerprint density at radius 2 is 1.90 bits per heavy atom. The maximum Gasteiger partial charge on any atom is 0.253 e. The standard InChI is InChI=1S/C22H23FN6O2/c23-20-7-2-1-4-16(20)8-11-24-21(30)17-9-12-28(13-10-17)22(31)18-5-3-6-19(14-18)29-15-25-26-27-29/h1-7,14-15,17H,8-13H2,(H,24,30). The normalized spacial score (nSPS) is 14.4. The second kappa shape index (κ2) is 9.46. The van der Waals surface area contributed by atoms with Gasteiger partial charge in [-0.05, 0) is 59.5 Å². The number of carbonyl (C=O) groups excluding carboxylic acids is 2. The molecule has 0 saturated carbocycles. The van der Waals surface area contributed by atoms with Crippen LogP contribution in [0.3, 0.4) is 0 Å². The monoisotopic (exact) mass is 422 g/mol. The van der Waals surface area contributed by atoms with Gasteiger partial charge in [-0.2, -0.15) is 0 Å². The molecule has 0 bridgehead atoms. The predicted molar refractivity (Wildman–Crippen MR) is 111 cm³/mol. The summed E-state index contributed by atoms with van der Waals surface area (Å²) in [4.78, 5) is 27.1. The number of aromatic nitrogens is 4. The average molecular weight is 422 g/mol. The number of carbonyl (C=O) groups is 2. The van der Waals surface area contributed by atoms with Crippen LogP contribution >= 0.6 is 0 Å². The van der Waals surface area contributed by atoms with E-state index in [1.54, 1.807) is 41.3 Å². The molecule has 2 aromatic carbocycles. The molecule has 2 heterocycles. The molecule has 1 fully saturated rings. The van der Waals surface area contributed by atoms with Crippen molar-refractivity contribution in [1.82, 2.24) is 30.4 Å². The zero-order valence-corrected chi connectivity index (χ0v) is 16.9. The third-order valence-electron chi connectivity index (χ3n) is 5.51. The van der Waals surface area contributed by atoms with Gasteiger partial charge in [0.25, 0.3) is 5.91 Å². The van der Waals surface area contributed by atoms with E-state index in [4.69, 9.17) is 0 Å². The fourth-order valence-electron chi connectivity index (χ4n) is 3.75. The van der Waals surface area contributed by atoms with E-state index in [0.29, 0.717) is 55.7 Å². The van der Waals surface area contributed by atoms with Crippen molar-refractivity contribution >= 4 is 11.8 Å². The zero-order chi connectivity index (χ0) is 21.6. The number of benzene rings is 2. The molecule has 0 radical (unpaired) electrons. The molecule has 3 aromatic rings. The van der Waals surface area contributed by atoms with E-state index in [9.17, 15) is 14.0 Å². The minimum absolute atomic E-state index is 0.0379. The Morgan fingerprint density at radius 1 is 1.10 bits per heavy atom. The second-order valence-electron chi connectivity index (χ2n) is 7.50. The number of piperidine rings is 1. The van der Waals surface area contributed by atoms with Gasteiger partial charge in [0.05, 0.1) is 5.69 Å². The number of halogens is 1. The van der Waals surface area contributed by atoms with Gasteiger partial charge in [0.2, 0.25) is 5.91 Å². The average Bonchev–Trinajstić information content (AvgIpc) is 3.35. The summed E-state index contributed by atoms with van der Waals surface area (Å²) in [6.45, 7) is 1.42. The number of tetrazole rings is 1. The quantitative estimate of drug-likeness (QED) is 0.656. The summed E-state index contributed by atoms with van der Waals surface area (Å²) >= 11 is 0. The highest BCUT2D eigenvalue weighted by Crippen LogP contribution is 2.20. The molecule has 8 nitrogen and oxygen atoms in total. The van der Waals surface area contributed by atoms with Crippen LogP contribution in [-0.2, 0) is 11.2 Å². The predicted octanol–water partition coefficient (Wildman–Crippen LogP) is 2.01. The maximum atomic E-state index is 13.7. The topological polar surface area (TPSA) is 93.0 Å². The molecule has 1 aliphatic heterocycles. The Balaban J connectivity index is 1.27. The van der Waals surface area contributed by atoms with Crippen LogP contribution in [0, 0.1) is 11.7 Å². The number of hydrogen-bond donors (Lipinski definition) is 1. The molecule has 2 amide bonds. The Bertz CT molecular complexity index is 1050. The minimum Gasteiger partial charge on any atom is -0.356 e. The number of rotatable bonds is 6. The highest BCUT2D eigenvalue weighted by molar-refractivity contribution is 5.95. The molecular weight excluding hydrogens is 399 g/mol. The van der Waals surface area contributed by atoms with Crippen molar-refractivity contribution in [3.05, 3.63) is 71.8 Å². The first kappa shape index (κ1) is 20.6. The van der Waals surface area contributed by atoms with E-state index >= 15 is 0 Å². The molecule has 9 heteroatoms. The van der Waals surface area contributed by atoms with E-state index in [1.807, 2.05) is 6.07 Å². The number of likely N-dealkylation sites (tertiary alicyclic amines) is 1. The maximum absolute atomic E-state index is 13.7. The summed E-state index contributed by atoms with van der Waals surface area (Å²) in [6, 6.07) is 13.7. The van der Waals surface area contributed by atoms with E-state index < -0.39 is 0 Å². The molecule has 1 N–H and O–H groups in total. The number of hydrogen-bond acceptors (Lipinski definition) is 5. The van der Waals surface area contributed by atoms with Crippen molar-refractivity contribution in [3.8, 4) is 5.69 Å². The van der Waals surface area contributed by atoms with Crippen molar-refractivity contribution in [2.45, 2.75) is 19.3 Å². The lowest BCUT2D eigenvalue weighted by Crippen LogP contribution is -2.43. The van der Waals surface area contributed by atoms with Crippen LogP contribution in [0.15, 0.2) is 54.9 Å². The van der Waals surface area contributed by atoms with Crippen LogP contribution in [-0.4, -0.2) is 56.6 Å². The van der Waals surface area contributed by atoms with E-state index in [0.717, 1.165) is 0 Å². The first-order valence-electron chi connectivity index (χ1n) is 10.3. The lowest BCUT2D eigenvalue weighted by Gasteiger charge is -2.31. The van der Waals surface area contributed by atoms with E-state index in [2.05, 4.69) is 20.8 Å². The van der Waals surface area contributed by atoms with Gasteiger partial charge in [0.1, 0.15) is 12.1 Å². The lowest BCUT2D eigenvalue weighted by atomic mass is 9.95. The molecule has 1 aromatic heterocycles. The van der Waals surface area contributed by atoms with Crippen LogP contribution in [0.4, 0.5) is 4.39 Å². The second-order valence-corrected chi connectivity index (χ2v) is 7.50. The van der Waals surface area contributed by atoms with Crippen molar-refractivity contribution in [2.24, 2.45) is 5.92 Å². The summed E-state index contributed by atoms with van der Waals surface area (Å²) in [5.41, 5.74) is 1.85. The molecule has 0 spiro atoms. The Morgan fingerprint density at radius 3 is 2.65 bits per heavy atom. The summed E-state index contributed by atoms with van der Waals surface area (Å²) < 4.78 is 15.2. The van der Waals surface area contributed by atoms with Gasteiger partial charge in [-0.3, -0.25) is 9.59 Å². The van der Waals surface area contributed by atoms with Crippen molar-refractivity contribution in [1.29, 1.82) is 0 Å². The summed E-state index contributed by atoms with van der Waals surface area (Å²) in [7, 11) is 0. The molecule has 1 saturated heterocycles. The number of amides is 2. The molecule has 0 atom stereocenters. The molecule has 160 valence electrons. The van der Waals surface area contributed by atoms with Crippen LogP contribution < -0.4 is 5.32 Å². The van der Waals surface area contributed by atoms with E-state index in [-0.39, 0.29) is 23.5 Å². The van der Waals surface area contributed by atoms with Crippen LogP contribution in [0.1, 0.15) is 28.8 Å². The first-order chi connectivity index (χ1) is 15.1. The van der Waals surface area contributed by atoms with Crippen molar-refractivity contribution < 1.29 is 14.0 Å². The smallest absolute Gasteiger partial charge is 0.253 e. The third-order valence-corrected chi connectivity index (χ3v) is 5.51. The molecule has 1 aliphatic rings. The van der Waals surface area contributed by atoms with Gasteiger partial charge in [-0.1, -0.05) is 24.3 Å². The largest absolute Gasteiger partial charge is 0.356 e. The first-order valence-corrected chi connectivity index (χ1v) is 10.3. The van der Waals surface area contributed by atoms with Crippen molar-refractivity contribution in [3.63, 3.8) is 0 Å². The van der Waals surface area contributed by atoms with Gasteiger partial charge in [0, 0.05) is 31.1 Å². The highest BCUT2D eigenvalue weighted by atomic mass is 19.1. The third kappa shape index (κ3) is 4.93. The number of nitrogens with zero attached hydrogens (tertiary/aromatic N) is 5. The van der Waals surface area contributed by atoms with Crippen LogP contribution in [0.2, 0.25) is 0 Å². The Hall–Kier alpha value is -3.62. The molecular formula is C22H23FN6O2. The van der Waals surface area contributed by atoms with E-state index in [1.165, 1.54) is 17.1 Å². The Kier molecular flexibility index (Phi) is 6.30. The van der Waals surface area contributed by atoms with Crippen LogP contribution in [0.25, 0.3) is 5.69 Å². The SMILES string of the molecule is O=C(NCCc1ccccc1F)C1CCN(C(=O)c2cccc(-n3cnnn3)c2)CC1.